The number of esters is 1. The minimum atomic E-state index is -0.450. The van der Waals surface area contributed by atoms with Crippen LogP contribution in [-0.2, 0) is 17.6 Å². The van der Waals surface area contributed by atoms with Crippen molar-refractivity contribution >= 4 is 51.4 Å². The molecule has 0 saturated heterocycles. The van der Waals surface area contributed by atoms with Crippen LogP contribution in [0.25, 0.3) is 11.3 Å². The van der Waals surface area contributed by atoms with Gasteiger partial charge in [-0.05, 0) is 50.3 Å². The molecule has 1 amide bonds. The normalized spacial score (nSPS) is 13.8. The number of aryl methyl sites for hydroxylation is 2. The first-order chi connectivity index (χ1) is 15.4. The Balaban J connectivity index is 1.75. The topological polar surface area (TPSA) is 81.4 Å². The van der Waals surface area contributed by atoms with Crippen LogP contribution in [-0.4, -0.2) is 24.1 Å². The molecule has 0 aliphatic heterocycles. The van der Waals surface area contributed by atoms with E-state index in [0.717, 1.165) is 49.0 Å². The zero-order valence-corrected chi connectivity index (χ0v) is 20.0. The Kier molecular flexibility index (Phi) is 6.88. The molecule has 1 aliphatic rings. The highest BCUT2D eigenvalue weighted by Crippen LogP contribution is 2.40. The van der Waals surface area contributed by atoms with E-state index >= 15 is 0 Å². The Labute approximate surface area is 199 Å². The van der Waals surface area contributed by atoms with Gasteiger partial charge in [-0.1, -0.05) is 47.3 Å². The van der Waals surface area contributed by atoms with Gasteiger partial charge in [0.05, 0.1) is 22.7 Å². The predicted molar refractivity (Wildman–Crippen MR) is 126 cm³/mol. The molecule has 6 nitrogen and oxygen atoms in total. The summed E-state index contributed by atoms with van der Waals surface area (Å²) in [5, 5.41) is 8.14. The van der Waals surface area contributed by atoms with Crippen molar-refractivity contribution in [1.82, 2.24) is 5.16 Å². The summed E-state index contributed by atoms with van der Waals surface area (Å²) >= 11 is 14.1. The van der Waals surface area contributed by atoms with Crippen LogP contribution in [0.3, 0.4) is 0 Å². The Bertz CT molecular complexity index is 1160. The largest absolute Gasteiger partial charge is 0.465 e. The monoisotopic (exact) mass is 492 g/mol. The van der Waals surface area contributed by atoms with Gasteiger partial charge < -0.3 is 14.6 Å². The van der Waals surface area contributed by atoms with Gasteiger partial charge in [-0.2, -0.15) is 0 Å². The summed E-state index contributed by atoms with van der Waals surface area (Å²) in [7, 11) is 1.35. The van der Waals surface area contributed by atoms with Gasteiger partial charge in [0.1, 0.15) is 22.0 Å². The van der Waals surface area contributed by atoms with Gasteiger partial charge in [-0.15, -0.1) is 11.3 Å². The lowest BCUT2D eigenvalue weighted by molar-refractivity contribution is 0.0601. The highest BCUT2D eigenvalue weighted by Gasteiger charge is 2.29. The molecule has 168 valence electrons. The lowest BCUT2D eigenvalue weighted by atomic mass is 9.96. The number of anilines is 1. The molecule has 0 unspecified atom stereocenters. The third kappa shape index (κ3) is 4.29. The van der Waals surface area contributed by atoms with E-state index in [0.29, 0.717) is 31.9 Å². The SMILES string of the molecule is COC(=O)c1c(NC(=O)c2c(-c3c(Cl)cccc3Cl)noc2C)sc2c1CCCCCC2. The molecule has 0 saturated carbocycles. The first-order valence-electron chi connectivity index (χ1n) is 10.4. The molecule has 32 heavy (non-hydrogen) atoms. The summed E-state index contributed by atoms with van der Waals surface area (Å²) in [6.45, 7) is 1.64. The number of nitrogens with zero attached hydrogens (tertiary/aromatic N) is 1. The number of benzene rings is 1. The summed E-state index contributed by atoms with van der Waals surface area (Å²) in [4.78, 5) is 27.1. The van der Waals surface area contributed by atoms with Crippen LogP contribution in [0.1, 0.15) is 62.6 Å². The van der Waals surface area contributed by atoms with Gasteiger partial charge in [0.15, 0.2) is 0 Å². The van der Waals surface area contributed by atoms with Crippen LogP contribution in [0.5, 0.6) is 0 Å². The Morgan fingerprint density at radius 2 is 1.78 bits per heavy atom. The van der Waals surface area contributed by atoms with Crippen LogP contribution >= 0.6 is 34.5 Å². The van der Waals surface area contributed by atoms with Crippen LogP contribution in [0, 0.1) is 6.92 Å². The lowest BCUT2D eigenvalue weighted by Gasteiger charge is -2.11. The molecular weight excluding hydrogens is 471 g/mol. The van der Waals surface area contributed by atoms with E-state index < -0.39 is 11.9 Å². The van der Waals surface area contributed by atoms with Crippen molar-refractivity contribution in [2.75, 3.05) is 12.4 Å². The molecule has 1 aliphatic carbocycles. The lowest BCUT2D eigenvalue weighted by Crippen LogP contribution is -2.16. The molecule has 1 aromatic carbocycles. The van der Waals surface area contributed by atoms with Gasteiger partial charge in [0.25, 0.3) is 5.91 Å². The van der Waals surface area contributed by atoms with E-state index in [1.54, 1.807) is 25.1 Å². The van der Waals surface area contributed by atoms with E-state index in [4.69, 9.17) is 32.5 Å². The first kappa shape index (κ1) is 22.8. The molecule has 9 heteroatoms. The second-order valence-electron chi connectivity index (χ2n) is 7.63. The number of nitrogens with one attached hydrogen (secondary N) is 1. The minimum absolute atomic E-state index is 0.219. The van der Waals surface area contributed by atoms with Gasteiger partial charge in [0.2, 0.25) is 0 Å². The smallest absolute Gasteiger partial charge is 0.341 e. The molecule has 3 aromatic rings. The minimum Gasteiger partial charge on any atom is -0.465 e. The number of carbonyl (C=O) groups is 2. The molecule has 4 rings (SSSR count). The number of hydrogen-bond donors (Lipinski definition) is 1. The third-order valence-corrected chi connectivity index (χ3v) is 7.41. The van der Waals surface area contributed by atoms with Gasteiger partial charge in [-0.3, -0.25) is 4.79 Å². The van der Waals surface area contributed by atoms with Crippen LogP contribution in [0.4, 0.5) is 5.00 Å². The number of carbonyl (C=O) groups excluding carboxylic acids is 2. The number of aromatic nitrogens is 1. The zero-order valence-electron chi connectivity index (χ0n) is 17.7. The van der Waals surface area contributed by atoms with Gasteiger partial charge >= 0.3 is 5.97 Å². The molecule has 1 N–H and O–H groups in total. The van der Waals surface area contributed by atoms with Crippen molar-refractivity contribution in [2.24, 2.45) is 0 Å². The standard InChI is InChI=1S/C23H22Cl2N2O4S/c1-12-17(20(27-31-12)19-14(24)9-7-10-15(19)25)21(28)26-22-18(23(29)30-2)13-8-5-3-4-6-11-16(13)32-22/h7,9-10H,3-6,8,11H2,1-2H3,(H,26,28). The number of fused-ring (bicyclic) bond motifs is 1. The fourth-order valence-electron chi connectivity index (χ4n) is 4.03. The number of hydrogen-bond acceptors (Lipinski definition) is 6. The van der Waals surface area contributed by atoms with E-state index in [9.17, 15) is 9.59 Å². The zero-order chi connectivity index (χ0) is 22.8. The van der Waals surface area contributed by atoms with E-state index in [-0.39, 0.29) is 11.3 Å². The van der Waals surface area contributed by atoms with Crippen molar-refractivity contribution in [1.29, 1.82) is 0 Å². The number of ether oxygens (including phenoxy) is 1. The second-order valence-corrected chi connectivity index (χ2v) is 9.55. The molecule has 0 atom stereocenters. The van der Waals surface area contributed by atoms with E-state index in [2.05, 4.69) is 10.5 Å². The summed E-state index contributed by atoms with van der Waals surface area (Å²) in [5.41, 5.74) is 2.31. The molecule has 0 fully saturated rings. The first-order valence-corrected chi connectivity index (χ1v) is 11.9. The quantitative estimate of drug-likeness (QED) is 0.408. The van der Waals surface area contributed by atoms with Crippen molar-refractivity contribution in [2.45, 2.75) is 45.4 Å². The molecular formula is C23H22Cl2N2O4S. The van der Waals surface area contributed by atoms with Crippen molar-refractivity contribution in [3.8, 4) is 11.3 Å². The van der Waals surface area contributed by atoms with Crippen LogP contribution in [0.2, 0.25) is 10.0 Å². The fourth-order valence-corrected chi connectivity index (χ4v) is 5.87. The maximum atomic E-state index is 13.4. The summed E-state index contributed by atoms with van der Waals surface area (Å²) < 4.78 is 10.4. The Morgan fingerprint density at radius 3 is 2.47 bits per heavy atom. The number of amides is 1. The number of halogens is 2. The third-order valence-electron chi connectivity index (χ3n) is 5.58. The Hall–Kier alpha value is -2.35. The summed E-state index contributed by atoms with van der Waals surface area (Å²) in [6.07, 6.45) is 6.02. The Morgan fingerprint density at radius 1 is 1.09 bits per heavy atom. The molecule has 0 spiro atoms. The van der Waals surface area contributed by atoms with Crippen LogP contribution in [0.15, 0.2) is 22.7 Å². The average molecular weight is 493 g/mol. The van der Waals surface area contributed by atoms with Gasteiger partial charge in [-0.25, -0.2) is 4.79 Å². The molecule has 0 radical (unpaired) electrons. The van der Waals surface area contributed by atoms with Gasteiger partial charge in [0, 0.05) is 10.4 Å². The van der Waals surface area contributed by atoms with Crippen molar-refractivity contribution in [3.63, 3.8) is 0 Å². The maximum absolute atomic E-state index is 13.4. The van der Waals surface area contributed by atoms with Crippen molar-refractivity contribution < 1.29 is 18.8 Å². The maximum Gasteiger partial charge on any atom is 0.341 e. The number of thiophene rings is 1. The molecule has 2 aromatic heterocycles. The van der Waals surface area contributed by atoms with E-state index in [1.807, 2.05) is 0 Å². The number of rotatable bonds is 4. The predicted octanol–water partition coefficient (Wildman–Crippen LogP) is 6.72. The molecule has 0 bridgehead atoms. The highest BCUT2D eigenvalue weighted by molar-refractivity contribution is 7.17. The average Bonchev–Trinajstić information content (AvgIpc) is 3.27. The van der Waals surface area contributed by atoms with Crippen LogP contribution < -0.4 is 5.32 Å². The fraction of sp³-hybridized carbons (Fsp3) is 0.348. The second kappa shape index (κ2) is 9.65. The highest BCUT2D eigenvalue weighted by atomic mass is 35.5. The van der Waals surface area contributed by atoms with E-state index in [1.165, 1.54) is 18.4 Å². The summed E-state index contributed by atoms with van der Waals surface area (Å²) in [5.74, 6) is -0.577. The van der Waals surface area contributed by atoms with Crippen molar-refractivity contribution in [3.05, 3.63) is 55.6 Å². The number of methoxy groups -OCH3 is 1. The molecule has 2 heterocycles. The summed E-state index contributed by atoms with van der Waals surface area (Å²) in [6, 6.07) is 5.05.